The van der Waals surface area contributed by atoms with Crippen molar-refractivity contribution in [3.8, 4) is 0 Å². The molecule has 2 N–H and O–H groups in total. The first-order chi connectivity index (χ1) is 8.22. The third-order valence-electron chi connectivity index (χ3n) is 3.73. The average Bonchev–Trinajstić information content (AvgIpc) is 2.85. The molecule has 0 unspecified atom stereocenters. The zero-order valence-electron chi connectivity index (χ0n) is 10.5. The molecule has 2 rings (SSSR count). The quantitative estimate of drug-likeness (QED) is 0.814. The number of hydrogen-bond acceptors (Lipinski definition) is 2. The largest absolute Gasteiger partial charge is 0.396 e. The summed E-state index contributed by atoms with van der Waals surface area (Å²) in [5, 5.41) is 0. The first-order valence-electron chi connectivity index (χ1n) is 6.49. The molecule has 94 valence electrons. The molecule has 2 nitrogen and oxygen atoms in total. The van der Waals surface area contributed by atoms with E-state index in [1.165, 1.54) is 25.7 Å². The van der Waals surface area contributed by atoms with Crippen molar-refractivity contribution in [1.29, 1.82) is 0 Å². The molecule has 3 heteroatoms. The number of nitrogen functional groups attached to an aromatic ring is 1. The number of rotatable bonds is 4. The Bertz CT molecular complexity index is 372. The summed E-state index contributed by atoms with van der Waals surface area (Å²) in [6.07, 6.45) is 5.11. The number of anilines is 1. The van der Waals surface area contributed by atoms with Gasteiger partial charge in [-0.25, -0.2) is 4.39 Å². The summed E-state index contributed by atoms with van der Waals surface area (Å²) in [4.78, 5) is 2.37. The van der Waals surface area contributed by atoms with Gasteiger partial charge in [-0.15, -0.1) is 0 Å². The molecule has 0 spiro atoms. The smallest absolute Gasteiger partial charge is 0.150 e. The van der Waals surface area contributed by atoms with Crippen LogP contribution in [0, 0.1) is 5.82 Å². The molecule has 1 aliphatic rings. The van der Waals surface area contributed by atoms with Crippen molar-refractivity contribution in [2.45, 2.75) is 45.2 Å². The molecule has 1 aliphatic carbocycles. The van der Waals surface area contributed by atoms with Gasteiger partial charge < -0.3 is 5.73 Å². The standard InChI is InChI=1S/C14H21FN2/c1-2-17(12-7-3-4-8-12)10-11-6-5-9-13(16)14(11)15/h5-6,9,12H,2-4,7-8,10,16H2,1H3. The van der Waals surface area contributed by atoms with Crippen molar-refractivity contribution >= 4 is 5.69 Å². The van der Waals surface area contributed by atoms with Crippen LogP contribution in [-0.2, 0) is 6.54 Å². The van der Waals surface area contributed by atoms with E-state index < -0.39 is 0 Å². The molecule has 0 bridgehead atoms. The van der Waals surface area contributed by atoms with Crippen LogP contribution in [0.2, 0.25) is 0 Å². The third-order valence-corrected chi connectivity index (χ3v) is 3.73. The number of nitrogens with zero attached hydrogens (tertiary/aromatic N) is 1. The van der Waals surface area contributed by atoms with E-state index in [0.717, 1.165) is 12.1 Å². The van der Waals surface area contributed by atoms with Crippen molar-refractivity contribution in [2.75, 3.05) is 12.3 Å². The predicted octanol–water partition coefficient (Wildman–Crippen LogP) is 3.17. The second-order valence-corrected chi connectivity index (χ2v) is 4.82. The van der Waals surface area contributed by atoms with Crippen LogP contribution in [0.1, 0.15) is 38.2 Å². The molecular formula is C14H21FN2. The summed E-state index contributed by atoms with van der Waals surface area (Å²) in [5.41, 5.74) is 6.57. The fourth-order valence-corrected chi connectivity index (χ4v) is 2.71. The fourth-order valence-electron chi connectivity index (χ4n) is 2.71. The Labute approximate surface area is 103 Å². The van der Waals surface area contributed by atoms with E-state index in [0.29, 0.717) is 12.6 Å². The highest BCUT2D eigenvalue weighted by Crippen LogP contribution is 2.26. The minimum absolute atomic E-state index is 0.246. The SMILES string of the molecule is CCN(Cc1cccc(N)c1F)C1CCCC1. The summed E-state index contributed by atoms with van der Waals surface area (Å²) in [7, 11) is 0. The molecule has 0 atom stereocenters. The van der Waals surface area contributed by atoms with Gasteiger partial charge in [-0.2, -0.15) is 0 Å². The normalized spacial score (nSPS) is 16.9. The van der Waals surface area contributed by atoms with Crippen LogP contribution in [-0.4, -0.2) is 17.5 Å². The van der Waals surface area contributed by atoms with E-state index in [4.69, 9.17) is 5.73 Å². The van der Waals surface area contributed by atoms with Crippen LogP contribution in [0.5, 0.6) is 0 Å². The molecule has 0 aromatic heterocycles. The second kappa shape index (κ2) is 5.50. The lowest BCUT2D eigenvalue weighted by atomic mass is 10.1. The van der Waals surface area contributed by atoms with Gasteiger partial charge in [0.1, 0.15) is 0 Å². The van der Waals surface area contributed by atoms with Crippen molar-refractivity contribution < 1.29 is 4.39 Å². The van der Waals surface area contributed by atoms with E-state index in [2.05, 4.69) is 11.8 Å². The van der Waals surface area contributed by atoms with E-state index in [1.54, 1.807) is 6.07 Å². The van der Waals surface area contributed by atoms with Gasteiger partial charge in [0, 0.05) is 18.2 Å². The predicted molar refractivity (Wildman–Crippen MR) is 69.2 cm³/mol. The van der Waals surface area contributed by atoms with Gasteiger partial charge in [0.05, 0.1) is 5.69 Å². The highest BCUT2D eigenvalue weighted by Gasteiger charge is 2.22. The lowest BCUT2D eigenvalue weighted by Crippen LogP contribution is -2.32. The second-order valence-electron chi connectivity index (χ2n) is 4.82. The molecule has 1 saturated carbocycles. The number of benzene rings is 1. The molecule has 1 fully saturated rings. The van der Waals surface area contributed by atoms with Gasteiger partial charge in [0.25, 0.3) is 0 Å². The Morgan fingerprint density at radius 3 is 2.71 bits per heavy atom. The van der Waals surface area contributed by atoms with Crippen LogP contribution < -0.4 is 5.73 Å². The topological polar surface area (TPSA) is 29.3 Å². The number of halogens is 1. The molecule has 1 aromatic rings. The highest BCUT2D eigenvalue weighted by atomic mass is 19.1. The number of hydrogen-bond donors (Lipinski definition) is 1. The van der Waals surface area contributed by atoms with Crippen LogP contribution in [0.3, 0.4) is 0 Å². The lowest BCUT2D eigenvalue weighted by molar-refractivity contribution is 0.198. The van der Waals surface area contributed by atoms with E-state index in [9.17, 15) is 4.39 Å². The Hall–Kier alpha value is -1.09. The summed E-state index contributed by atoms with van der Waals surface area (Å²) in [5.74, 6) is -0.246. The average molecular weight is 236 g/mol. The lowest BCUT2D eigenvalue weighted by Gasteiger charge is -2.27. The monoisotopic (exact) mass is 236 g/mol. The summed E-state index contributed by atoms with van der Waals surface area (Å²) in [6.45, 7) is 3.79. The molecule has 17 heavy (non-hydrogen) atoms. The fraction of sp³-hybridized carbons (Fsp3) is 0.571. The molecule has 0 saturated heterocycles. The van der Waals surface area contributed by atoms with E-state index >= 15 is 0 Å². The van der Waals surface area contributed by atoms with Gasteiger partial charge in [-0.1, -0.05) is 31.9 Å². The van der Waals surface area contributed by atoms with Crippen LogP contribution in [0.25, 0.3) is 0 Å². The van der Waals surface area contributed by atoms with Crippen LogP contribution in [0.4, 0.5) is 10.1 Å². The van der Waals surface area contributed by atoms with Crippen molar-refractivity contribution in [1.82, 2.24) is 4.90 Å². The van der Waals surface area contributed by atoms with Crippen molar-refractivity contribution in [3.05, 3.63) is 29.6 Å². The molecule has 0 radical (unpaired) electrons. The van der Waals surface area contributed by atoms with Gasteiger partial charge in [0.15, 0.2) is 5.82 Å². The van der Waals surface area contributed by atoms with Gasteiger partial charge in [0.2, 0.25) is 0 Å². The van der Waals surface area contributed by atoms with Gasteiger partial charge in [-0.3, -0.25) is 4.90 Å². The minimum atomic E-state index is -0.246. The van der Waals surface area contributed by atoms with Gasteiger partial charge in [-0.05, 0) is 25.5 Å². The first-order valence-corrected chi connectivity index (χ1v) is 6.49. The van der Waals surface area contributed by atoms with E-state index in [-0.39, 0.29) is 11.5 Å². The zero-order chi connectivity index (χ0) is 12.3. The van der Waals surface area contributed by atoms with Crippen molar-refractivity contribution in [3.63, 3.8) is 0 Å². The number of nitrogens with two attached hydrogens (primary N) is 1. The summed E-state index contributed by atoms with van der Waals surface area (Å²) in [6, 6.07) is 5.91. The Balaban J connectivity index is 2.09. The Morgan fingerprint density at radius 2 is 2.06 bits per heavy atom. The van der Waals surface area contributed by atoms with Gasteiger partial charge >= 0.3 is 0 Å². The maximum Gasteiger partial charge on any atom is 0.150 e. The summed E-state index contributed by atoms with van der Waals surface area (Å²) >= 11 is 0. The molecular weight excluding hydrogens is 215 g/mol. The molecule has 0 amide bonds. The third kappa shape index (κ3) is 2.78. The van der Waals surface area contributed by atoms with E-state index in [1.807, 2.05) is 12.1 Å². The molecule has 0 heterocycles. The minimum Gasteiger partial charge on any atom is -0.396 e. The maximum atomic E-state index is 13.8. The van der Waals surface area contributed by atoms with Crippen LogP contribution in [0.15, 0.2) is 18.2 Å². The maximum absolute atomic E-state index is 13.8. The zero-order valence-corrected chi connectivity index (χ0v) is 10.5. The Kier molecular flexibility index (Phi) is 4.00. The highest BCUT2D eigenvalue weighted by molar-refractivity contribution is 5.42. The van der Waals surface area contributed by atoms with Crippen molar-refractivity contribution in [2.24, 2.45) is 0 Å². The Morgan fingerprint density at radius 1 is 1.35 bits per heavy atom. The summed E-state index contributed by atoms with van der Waals surface area (Å²) < 4.78 is 13.8. The molecule has 1 aromatic carbocycles. The first kappa shape index (κ1) is 12.4. The molecule has 0 aliphatic heterocycles. The van der Waals surface area contributed by atoms with Crippen LogP contribution >= 0.6 is 0 Å².